The SMILES string of the molecule is Cc1cccc(CNC(C)C(=O)NCc2ccco2)n1. The molecule has 0 aromatic carbocycles. The normalized spacial score (nSPS) is 12.1. The van der Waals surface area contributed by atoms with Crippen LogP contribution in [0.5, 0.6) is 0 Å². The maximum atomic E-state index is 11.9. The van der Waals surface area contributed by atoms with Gasteiger partial charge < -0.3 is 15.1 Å². The highest BCUT2D eigenvalue weighted by atomic mass is 16.3. The molecule has 2 aromatic heterocycles. The quantitative estimate of drug-likeness (QED) is 0.842. The molecule has 0 fully saturated rings. The van der Waals surface area contributed by atoms with Gasteiger partial charge in [0, 0.05) is 12.2 Å². The van der Waals surface area contributed by atoms with Gasteiger partial charge in [-0.2, -0.15) is 0 Å². The van der Waals surface area contributed by atoms with E-state index >= 15 is 0 Å². The molecule has 0 aliphatic heterocycles. The van der Waals surface area contributed by atoms with Crippen molar-refractivity contribution in [1.29, 1.82) is 0 Å². The van der Waals surface area contributed by atoms with Crippen LogP contribution in [-0.4, -0.2) is 16.9 Å². The smallest absolute Gasteiger partial charge is 0.237 e. The third-order valence-electron chi connectivity index (χ3n) is 2.95. The molecular weight excluding hydrogens is 254 g/mol. The van der Waals surface area contributed by atoms with Gasteiger partial charge >= 0.3 is 0 Å². The Hall–Kier alpha value is -2.14. The molecule has 1 atom stereocenters. The number of nitrogens with zero attached hydrogens (tertiary/aromatic N) is 1. The van der Waals surface area contributed by atoms with E-state index in [9.17, 15) is 4.79 Å². The minimum Gasteiger partial charge on any atom is -0.467 e. The maximum Gasteiger partial charge on any atom is 0.237 e. The number of rotatable bonds is 6. The molecule has 20 heavy (non-hydrogen) atoms. The highest BCUT2D eigenvalue weighted by molar-refractivity contribution is 5.81. The lowest BCUT2D eigenvalue weighted by Crippen LogP contribution is -2.41. The van der Waals surface area contributed by atoms with Crippen molar-refractivity contribution in [3.8, 4) is 0 Å². The highest BCUT2D eigenvalue weighted by Gasteiger charge is 2.12. The summed E-state index contributed by atoms with van der Waals surface area (Å²) in [5, 5.41) is 5.97. The van der Waals surface area contributed by atoms with Crippen LogP contribution in [0.25, 0.3) is 0 Å². The van der Waals surface area contributed by atoms with Crippen LogP contribution in [0, 0.1) is 6.92 Å². The summed E-state index contributed by atoms with van der Waals surface area (Å²) in [7, 11) is 0. The van der Waals surface area contributed by atoms with Gasteiger partial charge in [-0.15, -0.1) is 0 Å². The molecule has 1 amide bonds. The third-order valence-corrected chi connectivity index (χ3v) is 2.95. The van der Waals surface area contributed by atoms with Gasteiger partial charge in [0.1, 0.15) is 5.76 Å². The van der Waals surface area contributed by atoms with Gasteiger partial charge in [-0.1, -0.05) is 6.07 Å². The number of hydrogen-bond acceptors (Lipinski definition) is 4. The van der Waals surface area contributed by atoms with Gasteiger partial charge in [0.25, 0.3) is 0 Å². The molecule has 1 unspecified atom stereocenters. The van der Waals surface area contributed by atoms with Crippen LogP contribution in [0.3, 0.4) is 0 Å². The number of nitrogens with one attached hydrogen (secondary N) is 2. The second-order valence-corrected chi connectivity index (χ2v) is 4.67. The highest BCUT2D eigenvalue weighted by Crippen LogP contribution is 2.00. The molecule has 2 rings (SSSR count). The van der Waals surface area contributed by atoms with E-state index in [1.807, 2.05) is 38.1 Å². The molecule has 106 valence electrons. The van der Waals surface area contributed by atoms with Crippen molar-refractivity contribution >= 4 is 5.91 Å². The number of pyridine rings is 1. The van der Waals surface area contributed by atoms with Crippen LogP contribution < -0.4 is 10.6 Å². The van der Waals surface area contributed by atoms with E-state index < -0.39 is 0 Å². The standard InChI is InChI=1S/C15H19N3O2/c1-11-5-3-6-13(18-11)9-16-12(2)15(19)17-10-14-7-4-8-20-14/h3-8,12,16H,9-10H2,1-2H3,(H,17,19). The van der Waals surface area contributed by atoms with Crippen LogP contribution in [0.15, 0.2) is 41.0 Å². The predicted octanol–water partition coefficient (Wildman–Crippen LogP) is 1.78. The fourth-order valence-corrected chi connectivity index (χ4v) is 1.79. The third kappa shape index (κ3) is 4.20. The van der Waals surface area contributed by atoms with Gasteiger partial charge in [0.05, 0.1) is 24.5 Å². The summed E-state index contributed by atoms with van der Waals surface area (Å²) in [4.78, 5) is 16.3. The van der Waals surface area contributed by atoms with Crippen LogP contribution in [0.1, 0.15) is 24.1 Å². The monoisotopic (exact) mass is 273 g/mol. The Labute approximate surface area is 118 Å². The Morgan fingerprint density at radius 2 is 2.15 bits per heavy atom. The minimum absolute atomic E-state index is 0.0611. The van der Waals surface area contributed by atoms with Crippen molar-refractivity contribution in [2.45, 2.75) is 33.0 Å². The van der Waals surface area contributed by atoms with Gasteiger partial charge in [0.15, 0.2) is 0 Å². The molecule has 0 aliphatic rings. The van der Waals surface area contributed by atoms with E-state index in [2.05, 4.69) is 15.6 Å². The van der Waals surface area contributed by atoms with E-state index in [0.29, 0.717) is 13.1 Å². The molecule has 2 N–H and O–H groups in total. The predicted molar refractivity (Wildman–Crippen MR) is 75.8 cm³/mol. The van der Waals surface area contributed by atoms with Crippen LogP contribution in [-0.2, 0) is 17.9 Å². The summed E-state index contributed by atoms with van der Waals surface area (Å²) in [6.07, 6.45) is 1.59. The number of aromatic nitrogens is 1. The zero-order valence-electron chi connectivity index (χ0n) is 11.7. The van der Waals surface area contributed by atoms with Crippen molar-refractivity contribution in [2.75, 3.05) is 0 Å². The van der Waals surface area contributed by atoms with Crippen molar-refractivity contribution in [2.24, 2.45) is 0 Å². The molecular formula is C15H19N3O2. The first-order valence-electron chi connectivity index (χ1n) is 6.61. The summed E-state index contributed by atoms with van der Waals surface area (Å²) in [6, 6.07) is 9.19. The summed E-state index contributed by atoms with van der Waals surface area (Å²) in [5.41, 5.74) is 1.90. The second kappa shape index (κ2) is 6.86. The van der Waals surface area contributed by atoms with E-state index in [4.69, 9.17) is 4.42 Å². The Morgan fingerprint density at radius 3 is 2.85 bits per heavy atom. The number of furan rings is 1. The molecule has 0 bridgehead atoms. The molecule has 2 heterocycles. The number of hydrogen-bond donors (Lipinski definition) is 2. The molecule has 0 radical (unpaired) electrons. The van der Waals surface area contributed by atoms with Crippen LogP contribution in [0.4, 0.5) is 0 Å². The lowest BCUT2D eigenvalue weighted by Gasteiger charge is -2.13. The van der Waals surface area contributed by atoms with E-state index in [1.165, 1.54) is 0 Å². The number of aryl methyl sites for hydroxylation is 1. The molecule has 0 spiro atoms. The van der Waals surface area contributed by atoms with Crippen LogP contribution >= 0.6 is 0 Å². The molecule has 0 saturated heterocycles. The van der Waals surface area contributed by atoms with Gasteiger partial charge in [0.2, 0.25) is 5.91 Å². The van der Waals surface area contributed by atoms with Gasteiger partial charge in [-0.3, -0.25) is 9.78 Å². The first kappa shape index (κ1) is 14.3. The Morgan fingerprint density at radius 1 is 1.30 bits per heavy atom. The minimum atomic E-state index is -0.285. The van der Waals surface area contributed by atoms with E-state index in [-0.39, 0.29) is 11.9 Å². The fourth-order valence-electron chi connectivity index (χ4n) is 1.79. The van der Waals surface area contributed by atoms with Crippen molar-refractivity contribution in [3.63, 3.8) is 0 Å². The van der Waals surface area contributed by atoms with Crippen molar-refractivity contribution < 1.29 is 9.21 Å². The second-order valence-electron chi connectivity index (χ2n) is 4.67. The zero-order valence-corrected chi connectivity index (χ0v) is 11.7. The summed E-state index contributed by atoms with van der Waals surface area (Å²) < 4.78 is 5.16. The summed E-state index contributed by atoms with van der Waals surface area (Å²) >= 11 is 0. The average Bonchev–Trinajstić information content (AvgIpc) is 2.95. The van der Waals surface area contributed by atoms with E-state index in [0.717, 1.165) is 17.1 Å². The lowest BCUT2D eigenvalue weighted by molar-refractivity contribution is -0.123. The first-order valence-corrected chi connectivity index (χ1v) is 6.61. The average molecular weight is 273 g/mol. The van der Waals surface area contributed by atoms with Crippen LogP contribution in [0.2, 0.25) is 0 Å². The summed E-state index contributed by atoms with van der Waals surface area (Å²) in [5.74, 6) is 0.681. The number of carbonyl (C=O) groups excluding carboxylic acids is 1. The number of amides is 1. The van der Waals surface area contributed by atoms with E-state index in [1.54, 1.807) is 12.3 Å². The van der Waals surface area contributed by atoms with Crippen molar-refractivity contribution in [3.05, 3.63) is 53.7 Å². The molecule has 2 aromatic rings. The van der Waals surface area contributed by atoms with Crippen molar-refractivity contribution in [1.82, 2.24) is 15.6 Å². The topological polar surface area (TPSA) is 67.2 Å². The molecule has 0 aliphatic carbocycles. The van der Waals surface area contributed by atoms with Gasteiger partial charge in [-0.25, -0.2) is 0 Å². The Bertz CT molecular complexity index is 552. The molecule has 5 heteroatoms. The largest absolute Gasteiger partial charge is 0.467 e. The Kier molecular flexibility index (Phi) is 4.90. The first-order chi connectivity index (χ1) is 9.65. The zero-order chi connectivity index (χ0) is 14.4. The lowest BCUT2D eigenvalue weighted by atomic mass is 10.2. The maximum absolute atomic E-state index is 11.9. The van der Waals surface area contributed by atoms with Gasteiger partial charge in [-0.05, 0) is 38.1 Å². The fraction of sp³-hybridized carbons (Fsp3) is 0.333. The molecule has 0 saturated carbocycles. The molecule has 5 nitrogen and oxygen atoms in total. The Balaban J connectivity index is 1.76. The summed E-state index contributed by atoms with van der Waals surface area (Å²) in [6.45, 7) is 4.74. The number of carbonyl (C=O) groups is 1.